The molecule has 1 heterocycles. The summed E-state index contributed by atoms with van der Waals surface area (Å²) in [5, 5.41) is 7.94. The molecule has 0 aliphatic heterocycles. The molecule has 1 aromatic heterocycles. The van der Waals surface area contributed by atoms with Gasteiger partial charge in [0.25, 0.3) is 0 Å². The van der Waals surface area contributed by atoms with E-state index < -0.39 is 0 Å². The second kappa shape index (κ2) is 4.22. The Kier molecular flexibility index (Phi) is 2.92. The summed E-state index contributed by atoms with van der Waals surface area (Å²) in [6.45, 7) is 3.60. The molecule has 16 heavy (non-hydrogen) atoms. The number of aromatic nitrogens is 3. The minimum atomic E-state index is -0.223. The molecule has 0 spiro atoms. The van der Waals surface area contributed by atoms with E-state index in [1.807, 2.05) is 6.92 Å². The zero-order chi connectivity index (χ0) is 11.7. The molecule has 2 aromatic rings. The summed E-state index contributed by atoms with van der Waals surface area (Å²) in [6, 6.07) is 4.82. The van der Waals surface area contributed by atoms with Gasteiger partial charge in [0.1, 0.15) is 11.5 Å². The average Bonchev–Trinajstić information content (AvgIpc) is 2.64. The highest BCUT2D eigenvalue weighted by Gasteiger charge is 2.09. The number of halogens is 2. The van der Waals surface area contributed by atoms with E-state index in [0.29, 0.717) is 11.4 Å². The quantitative estimate of drug-likeness (QED) is 0.755. The van der Waals surface area contributed by atoms with Crippen molar-refractivity contribution in [2.45, 2.75) is 19.7 Å². The van der Waals surface area contributed by atoms with Gasteiger partial charge in [-0.15, -0.1) is 16.7 Å². The first-order valence-corrected chi connectivity index (χ1v) is 5.40. The third-order valence-electron chi connectivity index (χ3n) is 2.50. The first-order chi connectivity index (χ1) is 7.63. The Morgan fingerprint density at radius 1 is 1.38 bits per heavy atom. The zero-order valence-corrected chi connectivity index (χ0v) is 9.79. The van der Waals surface area contributed by atoms with E-state index in [4.69, 9.17) is 11.6 Å². The van der Waals surface area contributed by atoms with E-state index in [1.54, 1.807) is 23.7 Å². The van der Waals surface area contributed by atoms with Crippen molar-refractivity contribution in [3.05, 3.63) is 41.0 Å². The largest absolute Gasteiger partial charge is 0.218 e. The number of nitrogens with zero attached hydrogens (tertiary/aromatic N) is 3. The summed E-state index contributed by atoms with van der Waals surface area (Å²) in [4.78, 5) is 0. The van der Waals surface area contributed by atoms with Crippen LogP contribution in [-0.2, 0) is 5.88 Å². The van der Waals surface area contributed by atoms with Crippen LogP contribution in [0, 0.1) is 19.7 Å². The molecular weight excluding hydrogens is 229 g/mol. The molecule has 5 heteroatoms. The molecule has 0 unspecified atom stereocenters. The van der Waals surface area contributed by atoms with Crippen molar-refractivity contribution in [2.24, 2.45) is 0 Å². The van der Waals surface area contributed by atoms with Crippen LogP contribution in [0.2, 0.25) is 0 Å². The van der Waals surface area contributed by atoms with Crippen LogP contribution < -0.4 is 0 Å². The maximum absolute atomic E-state index is 13.1. The summed E-state index contributed by atoms with van der Waals surface area (Å²) in [5.74, 6) is 0.102. The maximum Gasteiger partial charge on any atom is 0.126 e. The molecule has 0 aliphatic rings. The number of hydrogen-bond acceptors (Lipinski definition) is 2. The molecule has 0 fully saturated rings. The fraction of sp³-hybridized carbons (Fsp3) is 0.273. The molecule has 2 rings (SSSR count). The Morgan fingerprint density at radius 2 is 2.12 bits per heavy atom. The van der Waals surface area contributed by atoms with E-state index in [9.17, 15) is 4.39 Å². The topological polar surface area (TPSA) is 30.7 Å². The van der Waals surface area contributed by atoms with Gasteiger partial charge in [-0.3, -0.25) is 0 Å². The van der Waals surface area contributed by atoms with Crippen LogP contribution in [0.1, 0.15) is 17.0 Å². The molecule has 0 saturated carbocycles. The fourth-order valence-electron chi connectivity index (χ4n) is 1.49. The van der Waals surface area contributed by atoms with Crippen molar-refractivity contribution in [3.8, 4) is 5.69 Å². The molecule has 0 aliphatic carbocycles. The van der Waals surface area contributed by atoms with Gasteiger partial charge in [0.05, 0.1) is 17.3 Å². The Hall–Kier alpha value is -1.42. The number of hydrogen-bond donors (Lipinski definition) is 0. The third kappa shape index (κ3) is 1.80. The smallest absolute Gasteiger partial charge is 0.126 e. The molecule has 1 aromatic carbocycles. The third-order valence-corrected chi connectivity index (χ3v) is 2.76. The van der Waals surface area contributed by atoms with Crippen LogP contribution in [0.15, 0.2) is 18.2 Å². The maximum atomic E-state index is 13.1. The Morgan fingerprint density at radius 3 is 2.69 bits per heavy atom. The molecule has 0 bridgehead atoms. The summed E-state index contributed by atoms with van der Waals surface area (Å²) in [7, 11) is 0. The number of rotatable bonds is 2. The van der Waals surface area contributed by atoms with Gasteiger partial charge in [-0.05, 0) is 37.6 Å². The van der Waals surface area contributed by atoms with E-state index >= 15 is 0 Å². The van der Waals surface area contributed by atoms with Gasteiger partial charge in [0, 0.05) is 0 Å². The molecule has 0 amide bonds. The highest BCUT2D eigenvalue weighted by molar-refractivity contribution is 6.16. The standard InChI is InChI=1S/C11H11ClFN3/c1-7-5-9(3-4-10(7)13)16-8(2)11(6-12)14-15-16/h3-5H,6H2,1-2H3. The van der Waals surface area contributed by atoms with Gasteiger partial charge in [0.2, 0.25) is 0 Å². The number of aryl methyl sites for hydroxylation is 1. The molecule has 0 saturated heterocycles. The monoisotopic (exact) mass is 239 g/mol. The second-order valence-electron chi connectivity index (χ2n) is 3.60. The van der Waals surface area contributed by atoms with E-state index in [0.717, 1.165) is 17.1 Å². The van der Waals surface area contributed by atoms with Crippen molar-refractivity contribution in [1.82, 2.24) is 15.0 Å². The van der Waals surface area contributed by atoms with Gasteiger partial charge in [0.15, 0.2) is 0 Å². The lowest BCUT2D eigenvalue weighted by molar-refractivity contribution is 0.617. The van der Waals surface area contributed by atoms with Crippen LogP contribution in [-0.4, -0.2) is 15.0 Å². The molecule has 0 atom stereocenters. The lowest BCUT2D eigenvalue weighted by Gasteiger charge is -2.04. The fourth-order valence-corrected chi connectivity index (χ4v) is 1.74. The highest BCUT2D eigenvalue weighted by atomic mass is 35.5. The lowest BCUT2D eigenvalue weighted by Crippen LogP contribution is -2.00. The van der Waals surface area contributed by atoms with Gasteiger partial charge in [-0.25, -0.2) is 9.07 Å². The number of benzene rings is 1. The minimum absolute atomic E-state index is 0.223. The number of alkyl halides is 1. The SMILES string of the molecule is Cc1cc(-n2nnc(CCl)c2C)ccc1F. The van der Waals surface area contributed by atoms with E-state index in [2.05, 4.69) is 10.3 Å². The van der Waals surface area contributed by atoms with Crippen LogP contribution >= 0.6 is 11.6 Å². The average molecular weight is 240 g/mol. The van der Waals surface area contributed by atoms with Crippen molar-refractivity contribution in [3.63, 3.8) is 0 Å². The first kappa shape index (κ1) is 11.1. The van der Waals surface area contributed by atoms with Gasteiger partial charge >= 0.3 is 0 Å². The van der Waals surface area contributed by atoms with Crippen molar-refractivity contribution in [2.75, 3.05) is 0 Å². The van der Waals surface area contributed by atoms with Crippen LogP contribution in [0.5, 0.6) is 0 Å². The van der Waals surface area contributed by atoms with Crippen molar-refractivity contribution >= 4 is 11.6 Å². The van der Waals surface area contributed by atoms with Crippen LogP contribution in [0.3, 0.4) is 0 Å². The van der Waals surface area contributed by atoms with Gasteiger partial charge in [-0.2, -0.15) is 0 Å². The van der Waals surface area contributed by atoms with Crippen molar-refractivity contribution < 1.29 is 4.39 Å². The summed E-state index contributed by atoms with van der Waals surface area (Å²) >= 11 is 5.71. The lowest BCUT2D eigenvalue weighted by atomic mass is 10.2. The molecule has 0 N–H and O–H groups in total. The summed E-state index contributed by atoms with van der Waals surface area (Å²) in [6.07, 6.45) is 0. The zero-order valence-electron chi connectivity index (χ0n) is 9.04. The second-order valence-corrected chi connectivity index (χ2v) is 3.87. The highest BCUT2D eigenvalue weighted by Crippen LogP contribution is 2.16. The molecular formula is C11H11ClFN3. The predicted octanol–water partition coefficient (Wildman–Crippen LogP) is 2.76. The molecule has 3 nitrogen and oxygen atoms in total. The van der Waals surface area contributed by atoms with Crippen LogP contribution in [0.25, 0.3) is 5.69 Å². The normalized spacial score (nSPS) is 10.8. The predicted molar refractivity (Wildman–Crippen MR) is 60.3 cm³/mol. The van der Waals surface area contributed by atoms with Gasteiger partial charge in [-0.1, -0.05) is 5.21 Å². The first-order valence-electron chi connectivity index (χ1n) is 4.87. The molecule has 0 radical (unpaired) electrons. The van der Waals surface area contributed by atoms with E-state index in [-0.39, 0.29) is 5.82 Å². The van der Waals surface area contributed by atoms with Crippen molar-refractivity contribution in [1.29, 1.82) is 0 Å². The summed E-state index contributed by atoms with van der Waals surface area (Å²) in [5.41, 5.74) is 2.99. The van der Waals surface area contributed by atoms with Gasteiger partial charge < -0.3 is 0 Å². The van der Waals surface area contributed by atoms with E-state index in [1.165, 1.54) is 6.07 Å². The Labute approximate surface area is 97.8 Å². The van der Waals surface area contributed by atoms with Crippen LogP contribution in [0.4, 0.5) is 4.39 Å². The Bertz CT molecular complexity index is 522. The summed E-state index contributed by atoms with van der Waals surface area (Å²) < 4.78 is 14.8. The Balaban J connectivity index is 2.50. The minimum Gasteiger partial charge on any atom is -0.218 e. The molecule has 84 valence electrons.